The van der Waals surface area contributed by atoms with Gasteiger partial charge in [0.05, 0.1) is 4.90 Å². The molecule has 0 spiro atoms. The van der Waals surface area contributed by atoms with Crippen molar-refractivity contribution in [1.82, 2.24) is 20.6 Å². The van der Waals surface area contributed by atoms with Gasteiger partial charge in [-0.3, -0.25) is 9.52 Å². The zero-order valence-corrected chi connectivity index (χ0v) is 13.0. The Labute approximate surface area is 136 Å². The molecular formula is C14H12N6O3S. The first-order valence-electron chi connectivity index (χ1n) is 6.72. The fourth-order valence-corrected chi connectivity index (χ4v) is 3.04. The molecule has 1 aromatic heterocycles. The maximum atomic E-state index is 12.3. The summed E-state index contributed by atoms with van der Waals surface area (Å²) < 4.78 is 27.1. The van der Waals surface area contributed by atoms with Crippen LogP contribution >= 0.6 is 0 Å². The molecular weight excluding hydrogens is 332 g/mol. The molecule has 0 atom stereocenters. The van der Waals surface area contributed by atoms with Crippen LogP contribution in [0.2, 0.25) is 0 Å². The van der Waals surface area contributed by atoms with Crippen molar-refractivity contribution in [3.8, 4) is 11.4 Å². The largest absolute Gasteiger partial charge is 0.366 e. The van der Waals surface area contributed by atoms with E-state index in [1.807, 2.05) is 0 Å². The standard InChI is InChI=1S/C14H12N6O3S/c15-13(21)9-3-7-12(8-4-9)24(22,23)18-11-5-1-10(2-6-11)14-16-19-20-17-14/h1-8,18H,(H2,15,21)(H,16,17,19,20). The van der Waals surface area contributed by atoms with Crippen molar-refractivity contribution in [3.05, 3.63) is 54.1 Å². The lowest BCUT2D eigenvalue weighted by Gasteiger charge is -2.08. The van der Waals surface area contributed by atoms with Crippen molar-refractivity contribution in [3.63, 3.8) is 0 Å². The van der Waals surface area contributed by atoms with Crippen LogP contribution in [0.1, 0.15) is 10.4 Å². The van der Waals surface area contributed by atoms with Gasteiger partial charge in [-0.2, -0.15) is 5.21 Å². The normalized spacial score (nSPS) is 11.2. The molecule has 0 saturated carbocycles. The topological polar surface area (TPSA) is 144 Å². The summed E-state index contributed by atoms with van der Waals surface area (Å²) in [5, 5.41) is 13.5. The number of benzene rings is 2. The van der Waals surface area contributed by atoms with Gasteiger partial charge in [0.15, 0.2) is 0 Å². The molecule has 3 rings (SSSR count). The molecule has 9 nitrogen and oxygen atoms in total. The highest BCUT2D eigenvalue weighted by Crippen LogP contribution is 2.20. The number of nitrogens with zero attached hydrogens (tertiary/aromatic N) is 3. The first kappa shape index (κ1) is 15.6. The zero-order valence-electron chi connectivity index (χ0n) is 12.2. The fraction of sp³-hybridized carbons (Fsp3) is 0. The number of carbonyl (C=O) groups is 1. The van der Waals surface area contributed by atoms with E-state index in [-0.39, 0.29) is 10.5 Å². The van der Waals surface area contributed by atoms with Gasteiger partial charge in [-0.25, -0.2) is 8.42 Å². The molecule has 0 bridgehead atoms. The number of amides is 1. The van der Waals surface area contributed by atoms with Crippen molar-refractivity contribution >= 4 is 21.6 Å². The Morgan fingerprint density at radius 2 is 1.71 bits per heavy atom. The molecule has 4 N–H and O–H groups in total. The van der Waals surface area contributed by atoms with Gasteiger partial charge in [-0.05, 0) is 53.7 Å². The smallest absolute Gasteiger partial charge is 0.261 e. The lowest BCUT2D eigenvalue weighted by Crippen LogP contribution is -2.14. The summed E-state index contributed by atoms with van der Waals surface area (Å²) in [6.45, 7) is 0. The van der Waals surface area contributed by atoms with Crippen molar-refractivity contribution in [2.24, 2.45) is 5.73 Å². The number of carbonyl (C=O) groups excluding carboxylic acids is 1. The number of nitrogens with one attached hydrogen (secondary N) is 2. The predicted molar refractivity (Wildman–Crippen MR) is 85.4 cm³/mol. The average Bonchev–Trinajstić information content (AvgIpc) is 3.10. The zero-order chi connectivity index (χ0) is 17.2. The van der Waals surface area contributed by atoms with E-state index in [0.29, 0.717) is 17.1 Å². The van der Waals surface area contributed by atoms with Crippen LogP contribution in [0.5, 0.6) is 0 Å². The quantitative estimate of drug-likeness (QED) is 0.623. The van der Waals surface area contributed by atoms with Gasteiger partial charge in [0.2, 0.25) is 11.7 Å². The van der Waals surface area contributed by atoms with Gasteiger partial charge < -0.3 is 5.73 Å². The average molecular weight is 344 g/mol. The number of sulfonamides is 1. The van der Waals surface area contributed by atoms with E-state index >= 15 is 0 Å². The van der Waals surface area contributed by atoms with Crippen molar-refractivity contribution in [2.75, 3.05) is 4.72 Å². The molecule has 0 saturated heterocycles. The van der Waals surface area contributed by atoms with Gasteiger partial charge >= 0.3 is 0 Å². The van der Waals surface area contributed by atoms with Crippen LogP contribution in [-0.4, -0.2) is 34.9 Å². The van der Waals surface area contributed by atoms with E-state index in [0.717, 1.165) is 0 Å². The minimum absolute atomic E-state index is 0.0229. The van der Waals surface area contributed by atoms with Crippen LogP contribution in [-0.2, 0) is 10.0 Å². The number of tetrazole rings is 1. The van der Waals surface area contributed by atoms with Crippen molar-refractivity contribution in [1.29, 1.82) is 0 Å². The summed E-state index contributed by atoms with van der Waals surface area (Å²) in [5.74, 6) is -0.213. The van der Waals surface area contributed by atoms with Crippen LogP contribution in [0.3, 0.4) is 0 Å². The third kappa shape index (κ3) is 3.22. The molecule has 10 heteroatoms. The molecule has 122 valence electrons. The number of anilines is 1. The van der Waals surface area contributed by atoms with E-state index in [9.17, 15) is 13.2 Å². The molecule has 0 fully saturated rings. The molecule has 2 aromatic carbocycles. The first-order chi connectivity index (χ1) is 11.5. The van der Waals surface area contributed by atoms with Crippen LogP contribution in [0.15, 0.2) is 53.4 Å². The van der Waals surface area contributed by atoms with Crippen LogP contribution < -0.4 is 10.5 Å². The van der Waals surface area contributed by atoms with Crippen LogP contribution in [0, 0.1) is 0 Å². The van der Waals surface area contributed by atoms with Gasteiger partial charge in [-0.15, -0.1) is 10.2 Å². The molecule has 1 amide bonds. The second-order valence-corrected chi connectivity index (χ2v) is 6.49. The number of aromatic amines is 1. The number of hydrogen-bond acceptors (Lipinski definition) is 6. The summed E-state index contributed by atoms with van der Waals surface area (Å²) in [6.07, 6.45) is 0. The van der Waals surface area contributed by atoms with E-state index in [2.05, 4.69) is 25.3 Å². The van der Waals surface area contributed by atoms with Crippen molar-refractivity contribution < 1.29 is 13.2 Å². The summed E-state index contributed by atoms with van der Waals surface area (Å²) in [5.41, 5.74) is 6.43. The van der Waals surface area contributed by atoms with Crippen molar-refractivity contribution in [2.45, 2.75) is 4.90 Å². The number of nitrogens with two attached hydrogens (primary N) is 1. The van der Waals surface area contributed by atoms with E-state index in [1.165, 1.54) is 24.3 Å². The van der Waals surface area contributed by atoms with Gasteiger partial charge in [0.1, 0.15) is 0 Å². The second-order valence-electron chi connectivity index (χ2n) is 4.81. The molecule has 0 aliphatic heterocycles. The Hall–Kier alpha value is -3.27. The van der Waals surface area contributed by atoms with Gasteiger partial charge in [0, 0.05) is 16.8 Å². The maximum absolute atomic E-state index is 12.3. The highest BCUT2D eigenvalue weighted by molar-refractivity contribution is 7.92. The summed E-state index contributed by atoms with van der Waals surface area (Å²) in [6, 6.07) is 11.8. The summed E-state index contributed by atoms with van der Waals surface area (Å²) in [7, 11) is -3.77. The highest BCUT2D eigenvalue weighted by atomic mass is 32.2. The summed E-state index contributed by atoms with van der Waals surface area (Å²) >= 11 is 0. The Morgan fingerprint density at radius 1 is 1.04 bits per heavy atom. The maximum Gasteiger partial charge on any atom is 0.261 e. The van der Waals surface area contributed by atoms with Gasteiger partial charge in [0.25, 0.3) is 10.0 Å². The Morgan fingerprint density at radius 3 is 2.25 bits per heavy atom. The molecule has 0 radical (unpaired) electrons. The van der Waals surface area contributed by atoms with E-state index in [1.54, 1.807) is 24.3 Å². The second kappa shape index (κ2) is 6.08. The molecule has 0 aliphatic rings. The number of aromatic nitrogens is 4. The van der Waals surface area contributed by atoms with Crippen LogP contribution in [0.4, 0.5) is 5.69 Å². The lowest BCUT2D eigenvalue weighted by atomic mass is 10.2. The minimum Gasteiger partial charge on any atom is -0.366 e. The van der Waals surface area contributed by atoms with Crippen LogP contribution in [0.25, 0.3) is 11.4 Å². The van der Waals surface area contributed by atoms with E-state index < -0.39 is 15.9 Å². The Balaban J connectivity index is 1.80. The Bertz CT molecular complexity index is 951. The monoisotopic (exact) mass is 344 g/mol. The highest BCUT2D eigenvalue weighted by Gasteiger charge is 2.15. The number of H-pyrrole nitrogens is 1. The molecule has 1 heterocycles. The molecule has 0 aliphatic carbocycles. The number of primary amides is 1. The summed E-state index contributed by atoms with van der Waals surface area (Å²) in [4.78, 5) is 11.0. The Kier molecular flexibility index (Phi) is 3.96. The third-order valence-electron chi connectivity index (χ3n) is 3.19. The third-order valence-corrected chi connectivity index (χ3v) is 4.59. The lowest BCUT2D eigenvalue weighted by molar-refractivity contribution is 0.1000. The number of rotatable bonds is 5. The fourth-order valence-electron chi connectivity index (χ4n) is 1.98. The minimum atomic E-state index is -3.77. The molecule has 0 unspecified atom stereocenters. The SMILES string of the molecule is NC(=O)c1ccc(S(=O)(=O)Nc2ccc(-c3nn[nH]n3)cc2)cc1. The predicted octanol–water partition coefficient (Wildman–Crippen LogP) is 0.766. The van der Waals surface area contributed by atoms with E-state index in [4.69, 9.17) is 5.73 Å². The number of hydrogen-bond donors (Lipinski definition) is 3. The van der Waals surface area contributed by atoms with Gasteiger partial charge in [-0.1, -0.05) is 0 Å². The first-order valence-corrected chi connectivity index (χ1v) is 8.20. The molecule has 3 aromatic rings. The molecule has 24 heavy (non-hydrogen) atoms.